The molecule has 0 aromatic rings. The molecule has 0 saturated heterocycles. The number of alkyl carbamates (subject to hydrolysis) is 1. The van der Waals surface area contributed by atoms with Crippen molar-refractivity contribution in [3.8, 4) is 0 Å². The minimum Gasteiger partial charge on any atom is -0.453 e. The van der Waals surface area contributed by atoms with E-state index in [0.29, 0.717) is 65.8 Å². The lowest BCUT2D eigenvalue weighted by Gasteiger charge is -2.07. The largest absolute Gasteiger partial charge is 0.453 e. The first-order chi connectivity index (χ1) is 10.3. The molecule has 0 aliphatic carbocycles. The highest BCUT2D eigenvalue weighted by Gasteiger charge is 1.96. The molecule has 1 amide bonds. The van der Waals surface area contributed by atoms with Crippen LogP contribution in [0.1, 0.15) is 6.42 Å². The highest BCUT2D eigenvalue weighted by atomic mass is 16.6. The van der Waals surface area contributed by atoms with Gasteiger partial charge in [0.2, 0.25) is 0 Å². The summed E-state index contributed by atoms with van der Waals surface area (Å²) in [4.78, 5) is 10.7. The molecule has 0 radical (unpaired) electrons. The number of nitrogens with one attached hydrogen (secondary N) is 2. The van der Waals surface area contributed by atoms with Crippen molar-refractivity contribution < 1.29 is 28.5 Å². The fraction of sp³-hybridized carbons (Fsp3) is 0.846. The Kier molecular flexibility index (Phi) is 15.9. The monoisotopic (exact) mass is 306 g/mol. The quantitative estimate of drug-likeness (QED) is 0.337. The maximum Gasteiger partial charge on any atom is 0.406 e. The summed E-state index contributed by atoms with van der Waals surface area (Å²) in [5, 5.41) is 9.31. The van der Waals surface area contributed by atoms with Crippen molar-refractivity contribution in [3.05, 3.63) is 0 Å². The Morgan fingerprint density at radius 3 is 1.86 bits per heavy atom. The van der Waals surface area contributed by atoms with E-state index in [4.69, 9.17) is 24.4 Å². The Balaban J connectivity index is 2.99. The van der Waals surface area contributed by atoms with Gasteiger partial charge in [0.25, 0.3) is 0 Å². The third kappa shape index (κ3) is 16.7. The Labute approximate surface area is 125 Å². The molecule has 0 aromatic heterocycles. The molecule has 0 rings (SSSR count). The van der Waals surface area contributed by atoms with E-state index in [-0.39, 0.29) is 0 Å². The summed E-state index contributed by atoms with van der Waals surface area (Å²) in [5.41, 5.74) is 0. The van der Waals surface area contributed by atoms with Crippen LogP contribution in [0.25, 0.3) is 0 Å². The summed E-state index contributed by atoms with van der Waals surface area (Å²) in [7, 11) is 1.31. The van der Waals surface area contributed by atoms with Crippen molar-refractivity contribution in [1.29, 1.82) is 5.41 Å². The third-order valence-corrected chi connectivity index (χ3v) is 2.22. The molecule has 8 nitrogen and oxygen atoms in total. The van der Waals surface area contributed by atoms with E-state index >= 15 is 0 Å². The van der Waals surface area contributed by atoms with Crippen molar-refractivity contribution in [1.82, 2.24) is 5.32 Å². The minimum absolute atomic E-state index is 0.410. The van der Waals surface area contributed by atoms with Crippen LogP contribution >= 0.6 is 0 Å². The molecule has 0 spiro atoms. The molecule has 0 bridgehead atoms. The minimum atomic E-state index is -0.464. The van der Waals surface area contributed by atoms with Gasteiger partial charge in [0.05, 0.1) is 60.0 Å². The number of hydrogen-bond donors (Lipinski definition) is 2. The molecular weight excluding hydrogens is 280 g/mol. The summed E-state index contributed by atoms with van der Waals surface area (Å²) in [5.74, 6) is 0. The van der Waals surface area contributed by atoms with Gasteiger partial charge < -0.3 is 34.4 Å². The molecule has 0 heterocycles. The molecule has 0 saturated carbocycles. The Bertz CT molecular complexity index is 253. The van der Waals surface area contributed by atoms with Gasteiger partial charge >= 0.3 is 6.09 Å². The second kappa shape index (κ2) is 16.8. The fourth-order valence-electron chi connectivity index (χ4n) is 1.20. The van der Waals surface area contributed by atoms with E-state index in [1.165, 1.54) is 13.3 Å². The Morgan fingerprint density at radius 2 is 1.38 bits per heavy atom. The van der Waals surface area contributed by atoms with Crippen LogP contribution in [-0.4, -0.2) is 78.8 Å². The zero-order chi connectivity index (χ0) is 15.6. The smallest absolute Gasteiger partial charge is 0.406 e. The molecule has 124 valence electrons. The SMILES string of the molecule is COC(=O)NCCOCCOCCOCCOCCC=N. The van der Waals surface area contributed by atoms with E-state index in [0.717, 1.165) is 0 Å². The van der Waals surface area contributed by atoms with Gasteiger partial charge in [0, 0.05) is 13.0 Å². The topological polar surface area (TPSA) is 99.1 Å². The van der Waals surface area contributed by atoms with Crippen LogP contribution in [0, 0.1) is 5.41 Å². The summed E-state index contributed by atoms with van der Waals surface area (Å²) in [6.45, 7) is 4.41. The molecule has 2 N–H and O–H groups in total. The molecule has 0 aliphatic heterocycles. The van der Waals surface area contributed by atoms with Crippen molar-refractivity contribution in [3.63, 3.8) is 0 Å². The van der Waals surface area contributed by atoms with E-state index in [1.54, 1.807) is 0 Å². The fourth-order valence-corrected chi connectivity index (χ4v) is 1.20. The maximum absolute atomic E-state index is 10.7. The van der Waals surface area contributed by atoms with Crippen LogP contribution in [0.5, 0.6) is 0 Å². The highest BCUT2D eigenvalue weighted by Crippen LogP contribution is 1.83. The van der Waals surface area contributed by atoms with E-state index < -0.39 is 6.09 Å². The van der Waals surface area contributed by atoms with Crippen LogP contribution in [0.2, 0.25) is 0 Å². The average Bonchev–Trinajstić information content (AvgIpc) is 2.50. The molecule has 0 unspecified atom stereocenters. The lowest BCUT2D eigenvalue weighted by atomic mass is 10.5. The highest BCUT2D eigenvalue weighted by molar-refractivity contribution is 5.66. The molecule has 8 heteroatoms. The Morgan fingerprint density at radius 1 is 0.905 bits per heavy atom. The molecule has 0 aromatic carbocycles. The first-order valence-corrected chi connectivity index (χ1v) is 6.93. The predicted molar refractivity (Wildman–Crippen MR) is 77.1 cm³/mol. The lowest BCUT2D eigenvalue weighted by molar-refractivity contribution is -0.000659. The molecular formula is C13H26N2O6. The van der Waals surface area contributed by atoms with Crippen LogP contribution in [-0.2, 0) is 23.7 Å². The van der Waals surface area contributed by atoms with Gasteiger partial charge in [-0.15, -0.1) is 0 Å². The molecule has 21 heavy (non-hydrogen) atoms. The van der Waals surface area contributed by atoms with E-state index in [1.807, 2.05) is 0 Å². The Hall–Kier alpha value is -1.22. The van der Waals surface area contributed by atoms with Gasteiger partial charge in [0.15, 0.2) is 0 Å². The van der Waals surface area contributed by atoms with Gasteiger partial charge in [-0.25, -0.2) is 4.79 Å². The maximum atomic E-state index is 10.7. The van der Waals surface area contributed by atoms with Gasteiger partial charge in [-0.3, -0.25) is 0 Å². The zero-order valence-corrected chi connectivity index (χ0v) is 12.6. The van der Waals surface area contributed by atoms with Crippen LogP contribution in [0.15, 0.2) is 0 Å². The number of ether oxygens (including phenoxy) is 5. The lowest BCUT2D eigenvalue weighted by Crippen LogP contribution is -2.27. The number of rotatable bonds is 15. The number of methoxy groups -OCH3 is 1. The van der Waals surface area contributed by atoms with Crippen LogP contribution in [0.4, 0.5) is 4.79 Å². The van der Waals surface area contributed by atoms with Crippen LogP contribution in [0.3, 0.4) is 0 Å². The number of hydrogen-bond acceptors (Lipinski definition) is 7. The summed E-state index contributed by atoms with van der Waals surface area (Å²) in [6, 6.07) is 0. The molecule has 0 fully saturated rings. The second-order valence-corrected chi connectivity index (χ2v) is 3.86. The van der Waals surface area contributed by atoms with Gasteiger partial charge in [-0.05, 0) is 6.21 Å². The van der Waals surface area contributed by atoms with E-state index in [9.17, 15) is 4.79 Å². The first kappa shape index (κ1) is 19.8. The second-order valence-electron chi connectivity index (χ2n) is 3.86. The van der Waals surface area contributed by atoms with Crippen molar-refractivity contribution in [2.24, 2.45) is 0 Å². The first-order valence-electron chi connectivity index (χ1n) is 6.93. The van der Waals surface area contributed by atoms with Gasteiger partial charge in [-0.1, -0.05) is 0 Å². The van der Waals surface area contributed by atoms with Gasteiger partial charge in [0.1, 0.15) is 0 Å². The van der Waals surface area contributed by atoms with E-state index in [2.05, 4.69) is 10.1 Å². The summed E-state index contributed by atoms with van der Waals surface area (Å²) in [6.07, 6.45) is 1.49. The van der Waals surface area contributed by atoms with Crippen molar-refractivity contribution in [2.45, 2.75) is 6.42 Å². The predicted octanol–water partition coefficient (Wildman–Crippen LogP) is 0.448. The van der Waals surface area contributed by atoms with Crippen molar-refractivity contribution in [2.75, 3.05) is 66.5 Å². The average molecular weight is 306 g/mol. The molecule has 0 atom stereocenters. The number of carbonyl (C=O) groups is 1. The summed E-state index contributed by atoms with van der Waals surface area (Å²) >= 11 is 0. The number of carbonyl (C=O) groups excluding carboxylic acids is 1. The zero-order valence-electron chi connectivity index (χ0n) is 12.6. The van der Waals surface area contributed by atoms with Crippen LogP contribution < -0.4 is 5.32 Å². The van der Waals surface area contributed by atoms with Gasteiger partial charge in [-0.2, -0.15) is 0 Å². The normalized spacial score (nSPS) is 10.3. The standard InChI is InChI=1S/C13H26N2O6/c1-17-13(16)15-4-6-19-8-10-21-12-11-20-9-7-18-5-2-3-14/h3,14H,2,4-12H2,1H3,(H,15,16). The summed E-state index contributed by atoms with van der Waals surface area (Å²) < 4.78 is 25.4. The van der Waals surface area contributed by atoms with Crippen molar-refractivity contribution >= 4 is 12.3 Å². The molecule has 0 aliphatic rings. The third-order valence-electron chi connectivity index (χ3n) is 2.22. The number of amides is 1.